The van der Waals surface area contributed by atoms with E-state index in [0.29, 0.717) is 12.8 Å². The molecular formula is C26H50O4. The first kappa shape index (κ1) is 28.9. The zero-order valence-corrected chi connectivity index (χ0v) is 20.1. The molecule has 0 fully saturated rings. The summed E-state index contributed by atoms with van der Waals surface area (Å²) in [5.41, 5.74) is 0. The van der Waals surface area contributed by atoms with Gasteiger partial charge in [-0.2, -0.15) is 0 Å². The topological polar surface area (TPSA) is 63.6 Å². The number of hydrogen-bond donors (Lipinski definition) is 1. The minimum atomic E-state index is -1.01. The number of unbranched alkanes of at least 4 members (excludes halogenated alkanes) is 17. The Kier molecular flexibility index (Phi) is 21.8. The van der Waals surface area contributed by atoms with Crippen LogP contribution in [0.1, 0.15) is 149 Å². The molecule has 0 rings (SSSR count). The minimum Gasteiger partial charge on any atom is -0.479 e. The van der Waals surface area contributed by atoms with Crippen molar-refractivity contribution < 1.29 is 19.4 Å². The Morgan fingerprint density at radius 2 is 0.967 bits per heavy atom. The quantitative estimate of drug-likeness (QED) is 0.132. The molecule has 0 spiro atoms. The molecule has 0 aromatic carbocycles. The van der Waals surface area contributed by atoms with Crippen molar-refractivity contribution in [2.45, 2.75) is 155 Å². The van der Waals surface area contributed by atoms with Crippen LogP contribution in [0.5, 0.6) is 0 Å². The average molecular weight is 427 g/mol. The lowest BCUT2D eigenvalue weighted by Crippen LogP contribution is -2.27. The number of rotatable bonds is 23. The van der Waals surface area contributed by atoms with Crippen LogP contribution in [-0.4, -0.2) is 23.1 Å². The molecule has 0 radical (unpaired) electrons. The van der Waals surface area contributed by atoms with E-state index >= 15 is 0 Å². The van der Waals surface area contributed by atoms with Crippen LogP contribution in [0.2, 0.25) is 0 Å². The number of carbonyl (C=O) groups is 2. The lowest BCUT2D eigenvalue weighted by Gasteiger charge is -2.13. The fourth-order valence-electron chi connectivity index (χ4n) is 3.85. The van der Waals surface area contributed by atoms with Gasteiger partial charge in [-0.25, -0.2) is 4.79 Å². The highest BCUT2D eigenvalue weighted by atomic mass is 16.6. The van der Waals surface area contributed by atoms with E-state index in [4.69, 9.17) is 4.74 Å². The zero-order chi connectivity index (χ0) is 22.3. The van der Waals surface area contributed by atoms with Crippen molar-refractivity contribution in [3.8, 4) is 0 Å². The number of esters is 1. The normalized spacial score (nSPS) is 12.1. The number of carboxylic acid groups (broad SMARTS) is 1. The molecular weight excluding hydrogens is 376 g/mol. The van der Waals surface area contributed by atoms with Crippen molar-refractivity contribution >= 4 is 11.9 Å². The number of aliphatic carboxylic acids is 1. The van der Waals surface area contributed by atoms with Gasteiger partial charge in [-0.3, -0.25) is 4.79 Å². The highest BCUT2D eigenvalue weighted by Gasteiger charge is 2.21. The van der Waals surface area contributed by atoms with Gasteiger partial charge in [0, 0.05) is 6.42 Å². The smallest absolute Gasteiger partial charge is 0.345 e. The average Bonchev–Trinajstić information content (AvgIpc) is 2.72. The molecule has 0 saturated carbocycles. The second-order valence-electron chi connectivity index (χ2n) is 8.87. The van der Waals surface area contributed by atoms with Gasteiger partial charge in [-0.05, 0) is 19.3 Å². The van der Waals surface area contributed by atoms with Crippen molar-refractivity contribution in [2.24, 2.45) is 0 Å². The third-order valence-electron chi connectivity index (χ3n) is 5.85. The molecule has 0 aliphatic rings. The highest BCUT2D eigenvalue weighted by Crippen LogP contribution is 2.15. The van der Waals surface area contributed by atoms with Crippen LogP contribution in [0.4, 0.5) is 0 Å². The van der Waals surface area contributed by atoms with Gasteiger partial charge in [0.1, 0.15) is 0 Å². The number of carbonyl (C=O) groups excluding carboxylic acids is 1. The van der Waals surface area contributed by atoms with E-state index in [1.54, 1.807) is 0 Å². The summed E-state index contributed by atoms with van der Waals surface area (Å²) in [6.45, 7) is 4.46. The fraction of sp³-hybridized carbons (Fsp3) is 0.923. The maximum Gasteiger partial charge on any atom is 0.345 e. The van der Waals surface area contributed by atoms with E-state index in [9.17, 15) is 14.7 Å². The van der Waals surface area contributed by atoms with Gasteiger partial charge < -0.3 is 9.84 Å². The Balaban J connectivity index is 3.64. The standard InChI is InChI=1S/C26H50O4/c1-3-5-7-9-11-13-15-16-18-20-22-24(26(28)29)30-25(27)23-21-19-17-14-12-10-8-6-4-2/h24H,3-23H2,1-2H3,(H,28,29)/t24-/m1/s1. The molecule has 0 aromatic heterocycles. The first-order valence-electron chi connectivity index (χ1n) is 13.0. The van der Waals surface area contributed by atoms with Crippen molar-refractivity contribution in [1.82, 2.24) is 0 Å². The SMILES string of the molecule is CCCCCCCCCCCC[C@@H](OC(=O)CCCCCCCCCCC)C(=O)O. The molecule has 0 bridgehead atoms. The molecule has 0 aliphatic carbocycles. The van der Waals surface area contributed by atoms with Crippen molar-refractivity contribution in [3.63, 3.8) is 0 Å². The maximum absolute atomic E-state index is 12.0. The van der Waals surface area contributed by atoms with Crippen LogP contribution >= 0.6 is 0 Å². The van der Waals surface area contributed by atoms with E-state index < -0.39 is 12.1 Å². The summed E-state index contributed by atoms with van der Waals surface area (Å²) in [6.07, 6.45) is 22.7. The lowest BCUT2D eigenvalue weighted by molar-refractivity contribution is -0.164. The highest BCUT2D eigenvalue weighted by molar-refractivity contribution is 5.77. The van der Waals surface area contributed by atoms with Crippen molar-refractivity contribution in [3.05, 3.63) is 0 Å². The number of carboxylic acids is 1. The fourth-order valence-corrected chi connectivity index (χ4v) is 3.85. The van der Waals surface area contributed by atoms with E-state index in [1.165, 1.54) is 83.5 Å². The Morgan fingerprint density at radius 1 is 0.600 bits per heavy atom. The predicted octanol–water partition coefficient (Wildman–Crippen LogP) is 8.21. The van der Waals surface area contributed by atoms with Crippen LogP contribution < -0.4 is 0 Å². The van der Waals surface area contributed by atoms with E-state index in [-0.39, 0.29) is 5.97 Å². The van der Waals surface area contributed by atoms with Crippen LogP contribution in [0.15, 0.2) is 0 Å². The van der Waals surface area contributed by atoms with E-state index in [1.807, 2.05) is 0 Å². The lowest BCUT2D eigenvalue weighted by atomic mass is 10.0. The molecule has 0 aliphatic heterocycles. The molecule has 0 unspecified atom stereocenters. The summed E-state index contributed by atoms with van der Waals surface area (Å²) >= 11 is 0. The summed E-state index contributed by atoms with van der Waals surface area (Å²) in [7, 11) is 0. The summed E-state index contributed by atoms with van der Waals surface area (Å²) in [5, 5.41) is 9.32. The van der Waals surface area contributed by atoms with E-state index in [2.05, 4.69) is 13.8 Å². The minimum absolute atomic E-state index is 0.345. The molecule has 4 nitrogen and oxygen atoms in total. The molecule has 1 atom stereocenters. The van der Waals surface area contributed by atoms with Crippen LogP contribution in [-0.2, 0) is 14.3 Å². The Morgan fingerprint density at radius 3 is 1.37 bits per heavy atom. The predicted molar refractivity (Wildman–Crippen MR) is 126 cm³/mol. The molecule has 0 saturated heterocycles. The molecule has 0 amide bonds. The Hall–Kier alpha value is -1.06. The third-order valence-corrected chi connectivity index (χ3v) is 5.85. The van der Waals surface area contributed by atoms with Crippen LogP contribution in [0.25, 0.3) is 0 Å². The van der Waals surface area contributed by atoms with Crippen molar-refractivity contribution in [2.75, 3.05) is 0 Å². The summed E-state index contributed by atoms with van der Waals surface area (Å²) in [5.74, 6) is -1.36. The monoisotopic (exact) mass is 426 g/mol. The first-order chi connectivity index (χ1) is 14.6. The molecule has 0 aromatic rings. The molecule has 0 heterocycles. The van der Waals surface area contributed by atoms with Crippen LogP contribution in [0.3, 0.4) is 0 Å². The van der Waals surface area contributed by atoms with Crippen LogP contribution in [0, 0.1) is 0 Å². The largest absolute Gasteiger partial charge is 0.479 e. The van der Waals surface area contributed by atoms with Gasteiger partial charge in [0.2, 0.25) is 0 Å². The Bertz CT molecular complexity index is 394. The summed E-state index contributed by atoms with van der Waals surface area (Å²) in [4.78, 5) is 23.3. The first-order valence-corrected chi connectivity index (χ1v) is 13.0. The molecule has 1 N–H and O–H groups in total. The van der Waals surface area contributed by atoms with Gasteiger partial charge >= 0.3 is 11.9 Å². The van der Waals surface area contributed by atoms with Gasteiger partial charge in [0.15, 0.2) is 6.10 Å². The zero-order valence-electron chi connectivity index (χ0n) is 20.1. The third kappa shape index (κ3) is 20.2. The molecule has 30 heavy (non-hydrogen) atoms. The summed E-state index contributed by atoms with van der Waals surface area (Å²) in [6, 6.07) is 0. The van der Waals surface area contributed by atoms with E-state index in [0.717, 1.165) is 38.5 Å². The second kappa shape index (κ2) is 22.6. The van der Waals surface area contributed by atoms with Gasteiger partial charge in [-0.1, -0.05) is 123 Å². The molecule has 4 heteroatoms. The number of ether oxygens (including phenoxy) is 1. The maximum atomic E-state index is 12.0. The van der Waals surface area contributed by atoms with Gasteiger partial charge in [-0.15, -0.1) is 0 Å². The molecule has 178 valence electrons. The summed E-state index contributed by atoms with van der Waals surface area (Å²) < 4.78 is 5.23. The number of hydrogen-bond acceptors (Lipinski definition) is 3. The van der Waals surface area contributed by atoms with Crippen molar-refractivity contribution in [1.29, 1.82) is 0 Å². The van der Waals surface area contributed by atoms with Gasteiger partial charge in [0.05, 0.1) is 0 Å². The van der Waals surface area contributed by atoms with Gasteiger partial charge in [0.25, 0.3) is 0 Å². The second-order valence-corrected chi connectivity index (χ2v) is 8.87. The Labute approximate surface area is 186 Å².